The highest BCUT2D eigenvalue weighted by molar-refractivity contribution is 6.43. The van der Waals surface area contributed by atoms with Crippen LogP contribution in [0.3, 0.4) is 0 Å². The van der Waals surface area contributed by atoms with Gasteiger partial charge in [-0.3, -0.25) is 0 Å². The Hall–Kier alpha value is 0.340. The molecule has 0 radical (unpaired) electrons. The minimum Gasteiger partial charge on any atom is -0.324 e. The Bertz CT molecular complexity index is 327. The molecule has 1 aromatic rings. The summed E-state index contributed by atoms with van der Waals surface area (Å²) in [7, 11) is 0. The van der Waals surface area contributed by atoms with Crippen LogP contribution < -0.4 is 5.73 Å². The molecule has 1 atom stereocenters. The van der Waals surface area contributed by atoms with Crippen molar-refractivity contribution in [1.82, 2.24) is 0 Å². The van der Waals surface area contributed by atoms with E-state index in [1.807, 2.05) is 0 Å². The third-order valence-corrected chi connectivity index (χ3v) is 3.06. The summed E-state index contributed by atoms with van der Waals surface area (Å²) in [5, 5.41) is 1.54. The number of hydrogen-bond acceptors (Lipinski definition) is 1. The molecule has 0 saturated heterocycles. The Kier molecular flexibility index (Phi) is 6.98. The van der Waals surface area contributed by atoms with E-state index in [2.05, 4.69) is 6.92 Å². The van der Waals surface area contributed by atoms with Crippen LogP contribution in [0.2, 0.25) is 15.1 Å². The first kappa shape index (κ1) is 15.3. The lowest BCUT2D eigenvalue weighted by Crippen LogP contribution is -2.10. The molecular weight excluding hydrogens is 276 g/mol. The monoisotopic (exact) mass is 287 g/mol. The third kappa shape index (κ3) is 4.01. The van der Waals surface area contributed by atoms with Gasteiger partial charge in [0.25, 0.3) is 0 Å². The number of halogens is 4. The maximum Gasteiger partial charge on any atom is 0.0641 e. The van der Waals surface area contributed by atoms with Gasteiger partial charge in [-0.1, -0.05) is 48.1 Å². The van der Waals surface area contributed by atoms with Crippen LogP contribution in [0.15, 0.2) is 12.1 Å². The summed E-state index contributed by atoms with van der Waals surface area (Å²) in [6.45, 7) is 2.07. The van der Waals surface area contributed by atoms with E-state index in [9.17, 15) is 0 Å². The van der Waals surface area contributed by atoms with E-state index >= 15 is 0 Å². The average molecular weight is 289 g/mol. The predicted molar refractivity (Wildman–Crippen MR) is 70.6 cm³/mol. The van der Waals surface area contributed by atoms with Gasteiger partial charge in [-0.05, 0) is 24.1 Å². The molecule has 1 rings (SSSR count). The lowest BCUT2D eigenvalue weighted by Gasteiger charge is -2.13. The van der Waals surface area contributed by atoms with Gasteiger partial charge in [0.05, 0.1) is 10.0 Å². The average Bonchev–Trinajstić information content (AvgIpc) is 2.11. The highest BCUT2D eigenvalue weighted by Crippen LogP contribution is 2.33. The van der Waals surface area contributed by atoms with Gasteiger partial charge >= 0.3 is 0 Å². The van der Waals surface area contributed by atoms with Crippen molar-refractivity contribution in [2.75, 3.05) is 0 Å². The van der Waals surface area contributed by atoms with Gasteiger partial charge in [-0.25, -0.2) is 0 Å². The maximum absolute atomic E-state index is 6.03. The fourth-order valence-corrected chi connectivity index (χ4v) is 2.07. The standard InChI is InChI=1S/C10H12Cl3N.ClH/c1-2-3-9(14)7-4-6(11)5-8(12)10(7)13;/h4-5,9H,2-3,14H2,1H3;1H/t9-;/m1./s1. The van der Waals surface area contributed by atoms with Crippen molar-refractivity contribution in [2.45, 2.75) is 25.8 Å². The SMILES string of the molecule is CCC[C@@H](N)c1cc(Cl)cc(Cl)c1Cl.Cl. The Balaban J connectivity index is 0.00000196. The molecule has 0 amide bonds. The van der Waals surface area contributed by atoms with E-state index in [1.54, 1.807) is 12.1 Å². The summed E-state index contributed by atoms with van der Waals surface area (Å²) in [6, 6.07) is 3.30. The zero-order valence-corrected chi connectivity index (χ0v) is 11.4. The van der Waals surface area contributed by atoms with Gasteiger partial charge in [0.15, 0.2) is 0 Å². The first-order valence-corrected chi connectivity index (χ1v) is 5.59. The van der Waals surface area contributed by atoms with Gasteiger partial charge in [0.2, 0.25) is 0 Å². The summed E-state index contributed by atoms with van der Waals surface area (Å²) < 4.78 is 0. The van der Waals surface area contributed by atoms with E-state index in [-0.39, 0.29) is 18.4 Å². The van der Waals surface area contributed by atoms with Gasteiger partial charge in [-0.15, -0.1) is 12.4 Å². The third-order valence-electron chi connectivity index (χ3n) is 2.02. The normalized spacial score (nSPS) is 12.1. The van der Waals surface area contributed by atoms with E-state index < -0.39 is 0 Å². The van der Waals surface area contributed by atoms with Crippen LogP contribution in [-0.4, -0.2) is 0 Å². The fraction of sp³-hybridized carbons (Fsp3) is 0.400. The Morgan fingerprint density at radius 2 is 1.87 bits per heavy atom. The first-order valence-electron chi connectivity index (χ1n) is 4.46. The number of hydrogen-bond donors (Lipinski definition) is 1. The maximum atomic E-state index is 6.03. The second-order valence-electron chi connectivity index (χ2n) is 3.19. The molecule has 0 saturated carbocycles. The molecule has 86 valence electrons. The molecule has 0 fully saturated rings. The Labute approximate surface area is 111 Å². The molecule has 15 heavy (non-hydrogen) atoms. The van der Waals surface area contributed by atoms with Crippen LogP contribution in [0.4, 0.5) is 0 Å². The van der Waals surface area contributed by atoms with Crippen molar-refractivity contribution in [2.24, 2.45) is 5.73 Å². The largest absolute Gasteiger partial charge is 0.324 e. The lowest BCUT2D eigenvalue weighted by atomic mass is 10.0. The van der Waals surface area contributed by atoms with Crippen molar-refractivity contribution >= 4 is 47.2 Å². The van der Waals surface area contributed by atoms with Gasteiger partial charge < -0.3 is 5.73 Å². The molecule has 0 aliphatic heterocycles. The van der Waals surface area contributed by atoms with Crippen LogP contribution in [0.1, 0.15) is 31.4 Å². The van der Waals surface area contributed by atoms with Crippen LogP contribution in [0, 0.1) is 0 Å². The van der Waals surface area contributed by atoms with E-state index in [0.29, 0.717) is 15.1 Å². The van der Waals surface area contributed by atoms with Crippen molar-refractivity contribution in [3.05, 3.63) is 32.8 Å². The molecule has 1 nitrogen and oxygen atoms in total. The smallest absolute Gasteiger partial charge is 0.0641 e. The molecular formula is C10H13Cl4N. The molecule has 0 aliphatic rings. The summed E-state index contributed by atoms with van der Waals surface area (Å²) in [5.74, 6) is 0. The minimum atomic E-state index is -0.0938. The Morgan fingerprint density at radius 3 is 2.40 bits per heavy atom. The summed E-state index contributed by atoms with van der Waals surface area (Å²) in [5.41, 5.74) is 6.77. The van der Waals surface area contributed by atoms with Crippen LogP contribution in [-0.2, 0) is 0 Å². The Morgan fingerprint density at radius 1 is 1.27 bits per heavy atom. The number of rotatable bonds is 3. The highest BCUT2D eigenvalue weighted by Gasteiger charge is 2.12. The molecule has 0 aromatic heterocycles. The number of benzene rings is 1. The van der Waals surface area contributed by atoms with Crippen LogP contribution >= 0.6 is 47.2 Å². The molecule has 0 spiro atoms. The fourth-order valence-electron chi connectivity index (χ4n) is 1.31. The topological polar surface area (TPSA) is 26.0 Å². The lowest BCUT2D eigenvalue weighted by molar-refractivity contribution is 0.639. The zero-order valence-electron chi connectivity index (χ0n) is 8.27. The summed E-state index contributed by atoms with van der Waals surface area (Å²) in [4.78, 5) is 0. The van der Waals surface area contributed by atoms with Crippen molar-refractivity contribution in [3.8, 4) is 0 Å². The first-order chi connectivity index (χ1) is 6.56. The van der Waals surface area contributed by atoms with E-state index in [1.165, 1.54) is 0 Å². The molecule has 0 bridgehead atoms. The highest BCUT2D eigenvalue weighted by atomic mass is 35.5. The second-order valence-corrected chi connectivity index (χ2v) is 4.41. The van der Waals surface area contributed by atoms with Crippen molar-refractivity contribution in [3.63, 3.8) is 0 Å². The predicted octanol–water partition coefficient (Wildman–Crippen LogP) is 4.87. The van der Waals surface area contributed by atoms with E-state index in [0.717, 1.165) is 18.4 Å². The quantitative estimate of drug-likeness (QED) is 0.789. The van der Waals surface area contributed by atoms with Crippen LogP contribution in [0.25, 0.3) is 0 Å². The van der Waals surface area contributed by atoms with Crippen LogP contribution in [0.5, 0.6) is 0 Å². The second kappa shape index (κ2) is 6.82. The minimum absolute atomic E-state index is 0. The molecule has 5 heteroatoms. The van der Waals surface area contributed by atoms with Crippen molar-refractivity contribution < 1.29 is 0 Å². The molecule has 2 N–H and O–H groups in total. The summed E-state index contributed by atoms with van der Waals surface area (Å²) in [6.07, 6.45) is 1.87. The van der Waals surface area contributed by atoms with Gasteiger partial charge in [0.1, 0.15) is 0 Å². The molecule has 0 unspecified atom stereocenters. The zero-order chi connectivity index (χ0) is 10.7. The molecule has 0 heterocycles. The van der Waals surface area contributed by atoms with Gasteiger partial charge in [-0.2, -0.15) is 0 Å². The van der Waals surface area contributed by atoms with Crippen molar-refractivity contribution in [1.29, 1.82) is 0 Å². The summed E-state index contributed by atoms with van der Waals surface area (Å²) >= 11 is 17.8. The van der Waals surface area contributed by atoms with E-state index in [4.69, 9.17) is 40.5 Å². The molecule has 0 aliphatic carbocycles. The number of nitrogens with two attached hydrogens (primary N) is 1. The molecule has 1 aromatic carbocycles. The van der Waals surface area contributed by atoms with Gasteiger partial charge in [0, 0.05) is 11.1 Å².